The molecule has 0 saturated heterocycles. The lowest BCUT2D eigenvalue weighted by Crippen LogP contribution is -2.29. The molecule has 1 aliphatic rings. The maximum absolute atomic E-state index is 13.9. The van der Waals surface area contributed by atoms with Crippen molar-refractivity contribution in [3.63, 3.8) is 0 Å². The standard InChI is InChI=1S/C25H31FN2O5/c1-4-31-21(32-5-2)11-12-28-24(29)17-13-18-22(16-9-7-6-8-10-16)20(15-26)33-23(18)19(14-17)25(30)27-3/h6-10,13-14,20-22H,4-5,11-12,15H2,1-3H3,(H,27,30)(H,28,29)/t20-,22+/m1/s1. The second-order valence-corrected chi connectivity index (χ2v) is 7.61. The zero-order chi connectivity index (χ0) is 23.8. The normalized spacial score (nSPS) is 16.9. The number of rotatable bonds is 11. The zero-order valence-corrected chi connectivity index (χ0v) is 19.2. The molecule has 3 rings (SSSR count). The third-order valence-electron chi connectivity index (χ3n) is 5.51. The van der Waals surface area contributed by atoms with Crippen LogP contribution in [0.1, 0.15) is 58.0 Å². The Labute approximate surface area is 193 Å². The number of benzene rings is 2. The van der Waals surface area contributed by atoms with Crippen molar-refractivity contribution in [3.8, 4) is 5.75 Å². The van der Waals surface area contributed by atoms with E-state index in [1.54, 1.807) is 6.07 Å². The molecule has 0 fully saturated rings. The lowest BCUT2D eigenvalue weighted by atomic mass is 9.86. The molecule has 1 aliphatic heterocycles. The average molecular weight is 459 g/mol. The maximum atomic E-state index is 13.9. The van der Waals surface area contributed by atoms with Gasteiger partial charge in [-0.1, -0.05) is 30.3 Å². The summed E-state index contributed by atoms with van der Waals surface area (Å²) in [5.41, 5.74) is 1.99. The van der Waals surface area contributed by atoms with Crippen molar-refractivity contribution in [3.05, 3.63) is 64.7 Å². The van der Waals surface area contributed by atoms with Crippen LogP contribution in [0.4, 0.5) is 4.39 Å². The predicted molar refractivity (Wildman–Crippen MR) is 122 cm³/mol. The molecule has 1 heterocycles. The Morgan fingerprint density at radius 1 is 1.09 bits per heavy atom. The van der Waals surface area contributed by atoms with E-state index in [2.05, 4.69) is 10.6 Å². The van der Waals surface area contributed by atoms with E-state index in [0.717, 1.165) is 5.56 Å². The van der Waals surface area contributed by atoms with E-state index in [1.165, 1.54) is 13.1 Å². The lowest BCUT2D eigenvalue weighted by Gasteiger charge is -2.17. The van der Waals surface area contributed by atoms with Crippen LogP contribution in [0.3, 0.4) is 0 Å². The average Bonchev–Trinajstić information content (AvgIpc) is 3.22. The first-order chi connectivity index (χ1) is 16.0. The molecule has 2 amide bonds. The van der Waals surface area contributed by atoms with Gasteiger partial charge in [-0.05, 0) is 31.5 Å². The molecule has 2 atom stereocenters. The molecule has 0 aromatic heterocycles. The van der Waals surface area contributed by atoms with Crippen molar-refractivity contribution in [1.29, 1.82) is 0 Å². The first-order valence-corrected chi connectivity index (χ1v) is 11.2. The minimum absolute atomic E-state index is 0.207. The summed E-state index contributed by atoms with van der Waals surface area (Å²) in [7, 11) is 1.50. The highest BCUT2D eigenvalue weighted by Gasteiger charge is 2.39. The van der Waals surface area contributed by atoms with Gasteiger partial charge in [0.1, 0.15) is 18.5 Å². The molecule has 7 nitrogen and oxygen atoms in total. The van der Waals surface area contributed by atoms with Gasteiger partial charge in [0.15, 0.2) is 6.29 Å². The Kier molecular flexibility index (Phi) is 8.79. The number of nitrogens with one attached hydrogen (secondary N) is 2. The van der Waals surface area contributed by atoms with Crippen molar-refractivity contribution < 1.29 is 28.2 Å². The molecule has 33 heavy (non-hydrogen) atoms. The van der Waals surface area contributed by atoms with Crippen LogP contribution in [0.25, 0.3) is 0 Å². The Morgan fingerprint density at radius 3 is 2.39 bits per heavy atom. The van der Waals surface area contributed by atoms with E-state index in [1.807, 2.05) is 44.2 Å². The van der Waals surface area contributed by atoms with Crippen LogP contribution in [0.15, 0.2) is 42.5 Å². The lowest BCUT2D eigenvalue weighted by molar-refractivity contribution is -0.138. The Hall–Kier alpha value is -2.97. The fourth-order valence-electron chi connectivity index (χ4n) is 4.04. The van der Waals surface area contributed by atoms with E-state index in [0.29, 0.717) is 43.1 Å². The summed E-state index contributed by atoms with van der Waals surface area (Å²) in [5, 5.41) is 5.43. The molecule has 0 saturated carbocycles. The van der Waals surface area contributed by atoms with Gasteiger partial charge in [-0.15, -0.1) is 0 Å². The molecule has 0 spiro atoms. The SMILES string of the molecule is CCOC(CCNC(=O)c1cc(C(=O)NC)c2c(c1)[C@H](c1ccccc1)[C@@H](CF)O2)OCC. The molecule has 0 unspecified atom stereocenters. The second-order valence-electron chi connectivity index (χ2n) is 7.61. The van der Waals surface area contributed by atoms with Crippen molar-refractivity contribution in [2.75, 3.05) is 33.5 Å². The largest absolute Gasteiger partial charge is 0.486 e. The third kappa shape index (κ3) is 5.69. The van der Waals surface area contributed by atoms with Gasteiger partial charge in [0.2, 0.25) is 0 Å². The van der Waals surface area contributed by atoms with Crippen LogP contribution in [0, 0.1) is 0 Å². The van der Waals surface area contributed by atoms with Crippen molar-refractivity contribution in [2.45, 2.75) is 38.6 Å². The van der Waals surface area contributed by atoms with Gasteiger partial charge in [-0.2, -0.15) is 0 Å². The monoisotopic (exact) mass is 458 g/mol. The summed E-state index contributed by atoms with van der Waals surface area (Å²) in [6.07, 6.45) is -0.689. The van der Waals surface area contributed by atoms with Gasteiger partial charge in [0.25, 0.3) is 11.8 Å². The molecule has 2 aromatic carbocycles. The Bertz CT molecular complexity index is 947. The minimum Gasteiger partial charge on any atom is -0.486 e. The molecular formula is C25H31FN2O5. The molecule has 8 heteroatoms. The van der Waals surface area contributed by atoms with Crippen molar-refractivity contribution in [2.24, 2.45) is 0 Å². The quantitative estimate of drug-likeness (QED) is 0.504. The number of amides is 2. The van der Waals surface area contributed by atoms with E-state index in [9.17, 15) is 14.0 Å². The summed E-state index contributed by atoms with van der Waals surface area (Å²) < 4.78 is 30.8. The summed E-state index contributed by atoms with van der Waals surface area (Å²) in [6.45, 7) is 4.39. The number of fused-ring (bicyclic) bond motifs is 1. The van der Waals surface area contributed by atoms with Gasteiger partial charge >= 0.3 is 0 Å². The molecule has 0 aliphatic carbocycles. The minimum atomic E-state index is -0.776. The predicted octanol–water partition coefficient (Wildman–Crippen LogP) is 3.43. The van der Waals surface area contributed by atoms with Gasteiger partial charge < -0.3 is 24.8 Å². The zero-order valence-electron chi connectivity index (χ0n) is 19.2. The molecule has 178 valence electrons. The number of carbonyl (C=O) groups is 2. The van der Waals surface area contributed by atoms with Gasteiger partial charge in [0.05, 0.1) is 11.5 Å². The molecule has 0 radical (unpaired) electrons. The van der Waals surface area contributed by atoms with Gasteiger partial charge in [0, 0.05) is 44.4 Å². The number of ether oxygens (including phenoxy) is 3. The number of carbonyl (C=O) groups excluding carboxylic acids is 2. The van der Waals surface area contributed by atoms with Crippen LogP contribution in [0.2, 0.25) is 0 Å². The summed E-state index contributed by atoms with van der Waals surface area (Å²) in [5.74, 6) is -0.858. The highest BCUT2D eigenvalue weighted by atomic mass is 19.1. The van der Waals surface area contributed by atoms with Crippen LogP contribution < -0.4 is 15.4 Å². The summed E-state index contributed by atoms with van der Waals surface area (Å²) >= 11 is 0. The Morgan fingerprint density at radius 2 is 1.79 bits per heavy atom. The smallest absolute Gasteiger partial charge is 0.254 e. The molecule has 2 aromatic rings. The topological polar surface area (TPSA) is 85.9 Å². The number of halogens is 1. The van der Waals surface area contributed by atoms with E-state index < -0.39 is 30.9 Å². The number of hydrogen-bond donors (Lipinski definition) is 2. The molecular weight excluding hydrogens is 427 g/mol. The molecule has 2 N–H and O–H groups in total. The van der Waals surface area contributed by atoms with Crippen LogP contribution in [0.5, 0.6) is 5.75 Å². The van der Waals surface area contributed by atoms with Crippen LogP contribution >= 0.6 is 0 Å². The van der Waals surface area contributed by atoms with E-state index in [-0.39, 0.29) is 11.5 Å². The third-order valence-corrected chi connectivity index (χ3v) is 5.51. The first-order valence-electron chi connectivity index (χ1n) is 11.2. The first kappa shape index (κ1) is 24.7. The maximum Gasteiger partial charge on any atom is 0.254 e. The Balaban J connectivity index is 1.90. The van der Waals surface area contributed by atoms with Crippen LogP contribution in [-0.4, -0.2) is 57.7 Å². The number of alkyl halides is 1. The van der Waals surface area contributed by atoms with Gasteiger partial charge in [-0.25, -0.2) is 4.39 Å². The van der Waals surface area contributed by atoms with E-state index in [4.69, 9.17) is 14.2 Å². The fraction of sp³-hybridized carbons (Fsp3) is 0.440. The highest BCUT2D eigenvalue weighted by Crippen LogP contribution is 2.45. The second kappa shape index (κ2) is 11.8. The van der Waals surface area contributed by atoms with Gasteiger partial charge in [-0.3, -0.25) is 9.59 Å². The van der Waals surface area contributed by atoms with Crippen molar-refractivity contribution in [1.82, 2.24) is 10.6 Å². The van der Waals surface area contributed by atoms with Crippen LogP contribution in [-0.2, 0) is 9.47 Å². The number of hydrogen-bond acceptors (Lipinski definition) is 5. The molecule has 0 bridgehead atoms. The summed E-state index contributed by atoms with van der Waals surface area (Å²) in [4.78, 5) is 25.5. The van der Waals surface area contributed by atoms with Crippen molar-refractivity contribution >= 4 is 11.8 Å². The van der Waals surface area contributed by atoms with E-state index >= 15 is 0 Å². The summed E-state index contributed by atoms with van der Waals surface area (Å²) in [6, 6.07) is 12.6. The fourth-order valence-corrected chi connectivity index (χ4v) is 4.04. The highest BCUT2D eigenvalue weighted by molar-refractivity contribution is 6.02.